The van der Waals surface area contributed by atoms with Crippen molar-refractivity contribution in [3.8, 4) is 0 Å². The third kappa shape index (κ3) is 8.01. The van der Waals surface area contributed by atoms with Crippen molar-refractivity contribution in [3.63, 3.8) is 0 Å². The Labute approximate surface area is 276 Å². The minimum absolute atomic E-state index is 0.00759. The van der Waals surface area contributed by atoms with Crippen molar-refractivity contribution >= 4 is 83.4 Å². The second-order valence-corrected chi connectivity index (χ2v) is 13.4. The third-order valence-corrected chi connectivity index (χ3v) is 8.02. The number of carbonyl (C=O) groups is 5. The maximum Gasteiger partial charge on any atom is 0.408 e. The lowest BCUT2D eigenvalue weighted by molar-refractivity contribution is -0.145. The van der Waals surface area contributed by atoms with Crippen LogP contribution < -0.4 is 10.6 Å². The lowest BCUT2D eigenvalue weighted by Crippen LogP contribution is -2.53. The lowest BCUT2D eigenvalue weighted by atomic mass is 10.0. The largest absolute Gasteiger partial charge is 0.467 e. The molecule has 0 radical (unpaired) electrons. The molecule has 2 atom stereocenters. The van der Waals surface area contributed by atoms with E-state index in [-0.39, 0.29) is 24.7 Å². The zero-order valence-electron chi connectivity index (χ0n) is 25.7. The third-order valence-electron chi connectivity index (χ3n) is 7.04. The zero-order chi connectivity index (χ0) is 33.2. The van der Waals surface area contributed by atoms with E-state index in [1.54, 1.807) is 45.3 Å². The van der Waals surface area contributed by atoms with E-state index in [4.69, 9.17) is 9.47 Å². The Balaban J connectivity index is 1.70. The van der Waals surface area contributed by atoms with Crippen LogP contribution in [0.2, 0.25) is 0 Å². The molecule has 13 heteroatoms. The molecule has 0 unspecified atom stereocenters. The molecular weight excluding hydrogens is 712 g/mol. The van der Waals surface area contributed by atoms with Crippen LogP contribution in [0.15, 0.2) is 57.7 Å². The van der Waals surface area contributed by atoms with Gasteiger partial charge in [0.15, 0.2) is 0 Å². The Morgan fingerprint density at radius 1 is 0.778 bits per heavy atom. The van der Waals surface area contributed by atoms with Crippen molar-refractivity contribution in [1.29, 1.82) is 0 Å². The highest BCUT2D eigenvalue weighted by molar-refractivity contribution is 9.10. The summed E-state index contributed by atoms with van der Waals surface area (Å²) >= 11 is 6.86. The number of ether oxygens (including phenoxy) is 2. The molecule has 0 saturated carbocycles. The van der Waals surface area contributed by atoms with Crippen LogP contribution in [0.5, 0.6) is 0 Å². The molecule has 0 aliphatic heterocycles. The number of esters is 1. The highest BCUT2D eigenvalue weighted by atomic mass is 79.9. The Hall–Kier alpha value is -3.97. The van der Waals surface area contributed by atoms with Crippen molar-refractivity contribution in [1.82, 2.24) is 19.8 Å². The van der Waals surface area contributed by atoms with Gasteiger partial charge in [0.05, 0.1) is 18.1 Å². The monoisotopic (exact) mass is 744 g/mol. The van der Waals surface area contributed by atoms with Crippen LogP contribution in [0.4, 0.5) is 4.79 Å². The molecule has 45 heavy (non-hydrogen) atoms. The van der Waals surface area contributed by atoms with Gasteiger partial charge in [-0.25, -0.2) is 9.59 Å². The van der Waals surface area contributed by atoms with Gasteiger partial charge in [0, 0.05) is 58.8 Å². The highest BCUT2D eigenvalue weighted by Crippen LogP contribution is 2.28. The number of alkyl carbamates (subject to hydrolysis) is 1. The van der Waals surface area contributed by atoms with Gasteiger partial charge >= 0.3 is 12.1 Å². The summed E-state index contributed by atoms with van der Waals surface area (Å²) in [4.78, 5) is 64.5. The van der Waals surface area contributed by atoms with Crippen LogP contribution in [0.1, 0.15) is 55.3 Å². The van der Waals surface area contributed by atoms with Crippen LogP contribution >= 0.6 is 31.9 Å². The van der Waals surface area contributed by atoms with Crippen molar-refractivity contribution in [2.75, 3.05) is 7.11 Å². The molecule has 238 valence electrons. The molecule has 0 spiro atoms. The summed E-state index contributed by atoms with van der Waals surface area (Å²) in [5, 5.41) is 6.81. The van der Waals surface area contributed by atoms with Crippen LogP contribution in [-0.4, -0.2) is 63.7 Å². The molecular formula is C32H34Br2N4O7. The van der Waals surface area contributed by atoms with Crippen molar-refractivity contribution in [2.24, 2.45) is 0 Å². The van der Waals surface area contributed by atoms with Gasteiger partial charge in [0.2, 0.25) is 17.7 Å². The molecule has 4 rings (SSSR count). The molecule has 4 aromatic rings. The Kier molecular flexibility index (Phi) is 10.2. The Bertz CT molecular complexity index is 1820. The summed E-state index contributed by atoms with van der Waals surface area (Å²) in [5.74, 6) is -1.83. The standard InChI is InChI=1S/C32H34Br2N4O7/c1-17(39)37-15-19(23-9-7-21(33)13-27(23)37)11-25(36-31(43)45-32(3,4)5)29(41)35-26(30(42)44-6)12-20-16-38(18(2)40)28-14-22(34)8-10-24(20)28/h7-10,13-16,25-26H,11-12H2,1-6H3,(H,35,41)(H,36,43)/t25-,26+/m1/s1. The summed E-state index contributed by atoms with van der Waals surface area (Å²) < 4.78 is 14.9. The molecule has 0 fully saturated rings. The van der Waals surface area contributed by atoms with Crippen LogP contribution in [-0.2, 0) is 31.9 Å². The summed E-state index contributed by atoms with van der Waals surface area (Å²) in [6.07, 6.45) is 2.42. The first-order chi connectivity index (χ1) is 21.1. The summed E-state index contributed by atoms with van der Waals surface area (Å²) in [6, 6.07) is 8.50. The number of amides is 2. The second kappa shape index (κ2) is 13.6. The van der Waals surface area contributed by atoms with Gasteiger partial charge in [-0.2, -0.15) is 0 Å². The molecule has 2 aromatic heterocycles. The van der Waals surface area contributed by atoms with E-state index in [2.05, 4.69) is 42.5 Å². The van der Waals surface area contributed by atoms with Crippen LogP contribution in [0.25, 0.3) is 21.8 Å². The van der Waals surface area contributed by atoms with Gasteiger partial charge in [0.1, 0.15) is 17.7 Å². The van der Waals surface area contributed by atoms with E-state index >= 15 is 0 Å². The van der Waals surface area contributed by atoms with E-state index in [9.17, 15) is 24.0 Å². The van der Waals surface area contributed by atoms with Gasteiger partial charge in [-0.3, -0.25) is 23.5 Å². The number of nitrogens with zero attached hydrogens (tertiary/aromatic N) is 2. The first-order valence-electron chi connectivity index (χ1n) is 14.1. The van der Waals surface area contributed by atoms with Crippen molar-refractivity contribution in [3.05, 3.63) is 68.9 Å². The van der Waals surface area contributed by atoms with E-state index in [1.807, 2.05) is 24.3 Å². The van der Waals surface area contributed by atoms with Gasteiger partial charge in [-0.05, 0) is 56.2 Å². The minimum atomic E-state index is -1.20. The predicted molar refractivity (Wildman–Crippen MR) is 176 cm³/mol. The molecule has 2 N–H and O–H groups in total. The van der Waals surface area contributed by atoms with Gasteiger partial charge in [-0.1, -0.05) is 44.0 Å². The minimum Gasteiger partial charge on any atom is -0.467 e. The van der Waals surface area contributed by atoms with Crippen LogP contribution in [0, 0.1) is 0 Å². The first kappa shape index (κ1) is 33.9. The quantitative estimate of drug-likeness (QED) is 0.218. The van der Waals surface area contributed by atoms with Crippen molar-refractivity contribution < 1.29 is 33.4 Å². The number of aromatic nitrogens is 2. The molecule has 0 aliphatic rings. The molecule has 2 aromatic carbocycles. The average Bonchev–Trinajstić information content (AvgIpc) is 3.48. The number of nitrogens with one attached hydrogen (secondary N) is 2. The fourth-order valence-electron chi connectivity index (χ4n) is 5.09. The maximum absolute atomic E-state index is 13.9. The topological polar surface area (TPSA) is 138 Å². The highest BCUT2D eigenvalue weighted by Gasteiger charge is 2.31. The number of benzene rings is 2. The fraction of sp³-hybridized carbons (Fsp3) is 0.344. The second-order valence-electron chi connectivity index (χ2n) is 11.6. The number of hydrogen-bond acceptors (Lipinski definition) is 7. The van der Waals surface area contributed by atoms with E-state index in [1.165, 1.54) is 30.1 Å². The number of hydrogen-bond donors (Lipinski definition) is 2. The van der Waals surface area contributed by atoms with E-state index in [0.717, 1.165) is 14.3 Å². The molecule has 0 bridgehead atoms. The number of fused-ring (bicyclic) bond motifs is 2. The van der Waals surface area contributed by atoms with Crippen molar-refractivity contribution in [2.45, 2.75) is 65.1 Å². The number of halogens is 2. The maximum atomic E-state index is 13.9. The zero-order valence-corrected chi connectivity index (χ0v) is 28.9. The normalized spacial score (nSPS) is 12.9. The van der Waals surface area contributed by atoms with Crippen LogP contribution in [0.3, 0.4) is 0 Å². The van der Waals surface area contributed by atoms with E-state index < -0.39 is 35.7 Å². The molecule has 11 nitrogen and oxygen atoms in total. The smallest absolute Gasteiger partial charge is 0.408 e. The Morgan fingerprint density at radius 2 is 1.24 bits per heavy atom. The van der Waals surface area contributed by atoms with E-state index in [0.29, 0.717) is 27.5 Å². The van der Waals surface area contributed by atoms with Gasteiger partial charge in [0.25, 0.3) is 0 Å². The average molecular weight is 746 g/mol. The Morgan fingerprint density at radius 3 is 1.67 bits per heavy atom. The summed E-state index contributed by atoms with van der Waals surface area (Å²) in [6.45, 7) is 7.95. The predicted octanol–water partition coefficient (Wildman–Crippen LogP) is 5.78. The molecule has 0 aliphatic carbocycles. The first-order valence-corrected chi connectivity index (χ1v) is 15.6. The summed E-state index contributed by atoms with van der Waals surface area (Å²) in [7, 11) is 1.21. The number of rotatable bonds is 8. The molecule has 0 saturated heterocycles. The number of methoxy groups -OCH3 is 1. The fourth-order valence-corrected chi connectivity index (χ4v) is 5.79. The number of carbonyl (C=O) groups excluding carboxylic acids is 5. The molecule has 2 heterocycles. The lowest BCUT2D eigenvalue weighted by Gasteiger charge is -2.25. The SMILES string of the molecule is COC(=O)[C@H](Cc1cn(C(C)=O)c2cc(Br)ccc12)NC(=O)[C@@H](Cc1cn(C(C)=O)c2cc(Br)ccc12)NC(=O)OC(C)(C)C. The molecule has 2 amide bonds. The van der Waals surface area contributed by atoms with Gasteiger partial charge < -0.3 is 20.1 Å². The summed E-state index contributed by atoms with van der Waals surface area (Å²) in [5.41, 5.74) is 1.68. The van der Waals surface area contributed by atoms with Gasteiger partial charge in [-0.15, -0.1) is 0 Å².